The predicted molar refractivity (Wildman–Crippen MR) is 310 cm³/mol. The van der Waals surface area contributed by atoms with Gasteiger partial charge >= 0.3 is 17.9 Å². The first-order chi connectivity index (χ1) is 37.8. The highest BCUT2D eigenvalue weighted by Gasteiger charge is 2.34. The van der Waals surface area contributed by atoms with E-state index in [9.17, 15) is 33.6 Å². The Hall–Kier alpha value is -9.47. The Morgan fingerprint density at radius 2 is 0.797 bits per heavy atom. The van der Waals surface area contributed by atoms with Gasteiger partial charge in [0.15, 0.2) is 23.1 Å². The first-order valence-electron chi connectivity index (χ1n) is 25.0. The normalized spacial score (nSPS) is 11.6. The van der Waals surface area contributed by atoms with E-state index in [1.807, 2.05) is 72.8 Å². The Labute approximate surface area is 466 Å². The van der Waals surface area contributed by atoms with Crippen LogP contribution in [-0.2, 0) is 47.9 Å². The van der Waals surface area contributed by atoms with E-state index in [1.165, 1.54) is 0 Å². The predicted octanol–water partition coefficient (Wildman–Crippen LogP) is 12.0. The molecule has 400 valence electrons. The van der Waals surface area contributed by atoms with Crippen LogP contribution in [0.1, 0.15) is 101 Å². The van der Waals surface area contributed by atoms with Crippen LogP contribution in [0, 0.1) is 0 Å². The van der Waals surface area contributed by atoms with Crippen molar-refractivity contribution in [2.45, 2.75) is 40.0 Å². The van der Waals surface area contributed by atoms with Gasteiger partial charge in [-0.15, -0.1) is 0 Å². The van der Waals surface area contributed by atoms with Gasteiger partial charge in [-0.2, -0.15) is 0 Å². The van der Waals surface area contributed by atoms with Gasteiger partial charge in [0.05, 0.1) is 53.7 Å². The molecule has 15 heteroatoms. The van der Waals surface area contributed by atoms with E-state index in [1.54, 1.807) is 93.6 Å². The van der Waals surface area contributed by atoms with Crippen LogP contribution in [0.5, 0.6) is 0 Å². The van der Waals surface area contributed by atoms with Crippen molar-refractivity contribution >= 4 is 91.1 Å². The van der Waals surface area contributed by atoms with Crippen LogP contribution < -0.4 is 22.1 Å². The number of carbonyl (C=O) groups is 7. The molecule has 0 radical (unpaired) electrons. The summed E-state index contributed by atoms with van der Waals surface area (Å²) in [6.45, 7) is 16.4. The van der Waals surface area contributed by atoms with Gasteiger partial charge in [0.2, 0.25) is 0 Å². The standard InChI is InChI=1S/C38H34N2O6.C14H10N2O2.C12H13BrO2/c1-23(2)37(43)45-21-19-25-9-13-27(14-10-25)39-32-18-17-31-33(36(42)30-8-6-5-7-29(30)35(31)41)34(32)40-28-15-11-26(12-16-28)20-22-46-38(44)24(3)4;15-10-6-5-9-11(12(10)16)14(18)8-4-2-1-3-7(8)13(9)17;1-9(2)12(14)15-8-7-10-3-5-11(13)6-4-10/h5-18,39-40H,1,3,19-22H2,2,4H3;1-6H,15-16H2;3-6H,1,7-8H2,2H3. The van der Waals surface area contributed by atoms with E-state index in [4.69, 9.17) is 25.7 Å². The van der Waals surface area contributed by atoms with Crippen molar-refractivity contribution in [3.8, 4) is 0 Å². The van der Waals surface area contributed by atoms with Gasteiger partial charge in [-0.1, -0.05) is 121 Å². The second kappa shape index (κ2) is 26.1. The molecular weight excluding hydrogens is 1060 g/mol. The maximum Gasteiger partial charge on any atom is 0.333 e. The lowest BCUT2D eigenvalue weighted by Gasteiger charge is -2.24. The number of nitrogens with one attached hydrogen (secondary N) is 2. The highest BCUT2D eigenvalue weighted by Crippen LogP contribution is 2.40. The number of hydrogen-bond acceptors (Lipinski definition) is 14. The summed E-state index contributed by atoms with van der Waals surface area (Å²) < 4.78 is 16.4. The number of nitrogen functional groups attached to an aromatic ring is 2. The highest BCUT2D eigenvalue weighted by atomic mass is 79.9. The summed E-state index contributed by atoms with van der Waals surface area (Å²) in [6.07, 6.45) is 1.81. The largest absolute Gasteiger partial charge is 0.462 e. The molecule has 6 N–H and O–H groups in total. The summed E-state index contributed by atoms with van der Waals surface area (Å²) in [4.78, 5) is 86.4. The second-order valence-electron chi connectivity index (χ2n) is 18.6. The first kappa shape index (κ1) is 57.2. The van der Waals surface area contributed by atoms with Gasteiger partial charge in [-0.3, -0.25) is 19.2 Å². The number of benzene rings is 7. The molecule has 0 bridgehead atoms. The first-order valence-corrected chi connectivity index (χ1v) is 25.8. The zero-order valence-corrected chi connectivity index (χ0v) is 45.4. The maximum absolute atomic E-state index is 13.9. The SMILES string of the molecule is C=C(C)C(=O)OCCc1ccc(Br)cc1.C=C(C)C(=O)OCCc1ccc(Nc2ccc3c(c2Nc2ccc(CCOC(=O)C(=C)C)cc2)C(=O)c2ccccc2C3=O)cc1.Nc1ccc2c(c1N)C(=O)c1ccccc1C2=O. The van der Waals surface area contributed by atoms with Crippen molar-refractivity contribution in [2.75, 3.05) is 41.9 Å². The molecule has 0 aromatic heterocycles. The Bertz CT molecular complexity index is 3570. The lowest BCUT2D eigenvalue weighted by Crippen LogP contribution is -2.22. The minimum atomic E-state index is -0.424. The average Bonchev–Trinajstić information content (AvgIpc) is 3.65. The third-order valence-electron chi connectivity index (χ3n) is 12.5. The monoisotopic (exact) mass is 1120 g/mol. The van der Waals surface area contributed by atoms with E-state index >= 15 is 0 Å². The van der Waals surface area contributed by atoms with Crippen LogP contribution in [-0.4, -0.2) is 60.9 Å². The number of rotatable bonds is 16. The summed E-state index contributed by atoms with van der Waals surface area (Å²) in [5, 5.41) is 6.79. The van der Waals surface area contributed by atoms with Crippen LogP contribution in [0.2, 0.25) is 0 Å². The summed E-state index contributed by atoms with van der Waals surface area (Å²) in [6, 6.07) is 43.3. The number of halogens is 1. The fourth-order valence-electron chi connectivity index (χ4n) is 8.26. The molecule has 0 saturated heterocycles. The number of nitrogens with two attached hydrogens (primary N) is 2. The van der Waals surface area contributed by atoms with Gasteiger partial charge in [0.25, 0.3) is 0 Å². The molecule has 0 heterocycles. The number of ether oxygens (including phenoxy) is 3. The molecule has 2 aliphatic rings. The molecule has 0 unspecified atom stereocenters. The molecule has 0 spiro atoms. The van der Waals surface area contributed by atoms with E-state index in [0.29, 0.717) is 97.9 Å². The van der Waals surface area contributed by atoms with Gasteiger partial charge in [-0.25, -0.2) is 14.4 Å². The van der Waals surface area contributed by atoms with Crippen LogP contribution >= 0.6 is 15.9 Å². The van der Waals surface area contributed by atoms with Gasteiger partial charge in [-0.05, 0) is 98.1 Å². The van der Waals surface area contributed by atoms with Gasteiger partial charge in [0.1, 0.15) is 0 Å². The molecule has 0 amide bonds. The van der Waals surface area contributed by atoms with E-state index < -0.39 is 11.9 Å². The topological polar surface area (TPSA) is 223 Å². The van der Waals surface area contributed by atoms with Crippen LogP contribution in [0.25, 0.3) is 0 Å². The third-order valence-corrected chi connectivity index (χ3v) is 13.1. The number of fused-ring (bicyclic) bond motifs is 4. The minimum Gasteiger partial charge on any atom is -0.462 e. The molecule has 0 aliphatic heterocycles. The molecule has 9 rings (SSSR count). The zero-order valence-electron chi connectivity index (χ0n) is 43.8. The van der Waals surface area contributed by atoms with Crippen LogP contribution in [0.3, 0.4) is 0 Å². The summed E-state index contributed by atoms with van der Waals surface area (Å²) in [5.74, 6) is -2.06. The maximum atomic E-state index is 13.9. The van der Waals surface area contributed by atoms with Crippen molar-refractivity contribution in [2.24, 2.45) is 0 Å². The second-order valence-corrected chi connectivity index (χ2v) is 19.5. The van der Waals surface area contributed by atoms with E-state index in [2.05, 4.69) is 46.3 Å². The quantitative estimate of drug-likeness (QED) is 0.0306. The zero-order chi connectivity index (χ0) is 56.9. The van der Waals surface area contributed by atoms with Gasteiger partial charge in [0, 0.05) is 85.2 Å². The Morgan fingerprint density at radius 3 is 1.22 bits per heavy atom. The fourth-order valence-corrected chi connectivity index (χ4v) is 8.53. The number of hydrogen-bond donors (Lipinski definition) is 4. The van der Waals surface area contributed by atoms with Crippen molar-refractivity contribution in [1.82, 2.24) is 0 Å². The minimum absolute atomic E-state index is 0.181. The van der Waals surface area contributed by atoms with E-state index in [-0.39, 0.29) is 53.6 Å². The Morgan fingerprint density at radius 1 is 0.443 bits per heavy atom. The third kappa shape index (κ3) is 14.1. The smallest absolute Gasteiger partial charge is 0.333 e. The molecular formula is C64H57BrN4O10. The molecule has 14 nitrogen and oxygen atoms in total. The average molecular weight is 1120 g/mol. The highest BCUT2D eigenvalue weighted by molar-refractivity contribution is 9.10. The van der Waals surface area contributed by atoms with Crippen LogP contribution in [0.4, 0.5) is 34.1 Å². The molecule has 0 saturated carbocycles. The van der Waals surface area contributed by atoms with Crippen molar-refractivity contribution in [3.05, 3.63) is 248 Å². The van der Waals surface area contributed by atoms with Gasteiger partial charge < -0.3 is 36.3 Å². The van der Waals surface area contributed by atoms with E-state index in [0.717, 1.165) is 33.3 Å². The fraction of sp³-hybridized carbons (Fsp3) is 0.141. The summed E-state index contributed by atoms with van der Waals surface area (Å²) in [7, 11) is 0. The summed E-state index contributed by atoms with van der Waals surface area (Å²) >= 11 is 3.36. The van der Waals surface area contributed by atoms with Crippen molar-refractivity contribution in [3.63, 3.8) is 0 Å². The Balaban J connectivity index is 0.000000221. The Kier molecular flexibility index (Phi) is 18.9. The molecule has 7 aromatic carbocycles. The molecule has 2 aliphatic carbocycles. The number of ketones is 4. The molecule has 0 atom stereocenters. The number of esters is 3. The molecule has 0 fully saturated rings. The molecule has 79 heavy (non-hydrogen) atoms. The summed E-state index contributed by atoms with van der Waals surface area (Å²) in [5.41, 5.74) is 21.5. The lowest BCUT2D eigenvalue weighted by atomic mass is 9.82. The van der Waals surface area contributed by atoms with Crippen molar-refractivity contribution < 1.29 is 47.8 Å². The number of carbonyl (C=O) groups excluding carboxylic acids is 7. The van der Waals surface area contributed by atoms with Crippen LogP contribution in [0.15, 0.2) is 187 Å². The number of anilines is 6. The molecule has 7 aromatic rings. The lowest BCUT2D eigenvalue weighted by molar-refractivity contribution is -0.139. The van der Waals surface area contributed by atoms with Crippen molar-refractivity contribution in [1.29, 1.82) is 0 Å².